The van der Waals surface area contributed by atoms with E-state index in [1.807, 2.05) is 0 Å². The number of hydrogen-bond donors (Lipinski definition) is 3. The van der Waals surface area contributed by atoms with Crippen molar-refractivity contribution in [2.24, 2.45) is 0 Å². The summed E-state index contributed by atoms with van der Waals surface area (Å²) < 4.78 is 8.70. The van der Waals surface area contributed by atoms with Gasteiger partial charge < -0.3 is 5.32 Å². The minimum atomic E-state index is -2.87. The molecule has 5 heteroatoms. The molecule has 0 unspecified atom stereocenters. The Hall–Kier alpha value is -0.700. The summed E-state index contributed by atoms with van der Waals surface area (Å²) in [5.74, 6) is 0. The second-order valence-corrected chi connectivity index (χ2v) is 1.33. The van der Waals surface area contributed by atoms with E-state index < -0.39 is 8.25 Å². The first kappa shape index (κ1) is 11.1. The Morgan fingerprint density at radius 1 is 1.33 bits per heavy atom. The van der Waals surface area contributed by atoms with E-state index in [2.05, 4.69) is 18.5 Å². The van der Waals surface area contributed by atoms with Gasteiger partial charge in [-0.3, -0.25) is 0 Å². The van der Waals surface area contributed by atoms with Gasteiger partial charge in [0.2, 0.25) is 0 Å². The molecule has 0 bridgehead atoms. The van der Waals surface area contributed by atoms with E-state index >= 15 is 0 Å². The van der Waals surface area contributed by atoms with Crippen molar-refractivity contribution in [3.8, 4) is 0 Å². The first-order chi connectivity index (χ1) is 4.15. The summed E-state index contributed by atoms with van der Waals surface area (Å²) in [4.78, 5) is 14.2. The van der Waals surface area contributed by atoms with Crippen molar-refractivity contribution in [3.05, 3.63) is 25.6 Å². The molecule has 0 saturated heterocycles. The molecular formula is C4H9NO3P+. The van der Waals surface area contributed by atoms with E-state index in [-0.39, 0.29) is 0 Å². The summed E-state index contributed by atoms with van der Waals surface area (Å²) in [6.07, 6.45) is 3.12. The van der Waals surface area contributed by atoms with E-state index in [1.54, 1.807) is 12.4 Å². The van der Waals surface area contributed by atoms with Crippen LogP contribution in [0.25, 0.3) is 0 Å². The lowest BCUT2D eigenvalue weighted by molar-refractivity contribution is 0.405. The molecule has 0 rings (SSSR count). The summed E-state index contributed by atoms with van der Waals surface area (Å²) in [5.41, 5.74) is 0. The molecular weight excluding hydrogens is 141 g/mol. The van der Waals surface area contributed by atoms with Crippen LogP contribution in [0.3, 0.4) is 0 Å². The number of nitrogens with one attached hydrogen (secondary N) is 1. The number of hydrogen-bond acceptors (Lipinski definition) is 2. The van der Waals surface area contributed by atoms with Crippen LogP contribution in [0.5, 0.6) is 0 Å². The van der Waals surface area contributed by atoms with E-state index in [4.69, 9.17) is 14.4 Å². The predicted octanol–water partition coefficient (Wildman–Crippen LogP) is 0.491. The van der Waals surface area contributed by atoms with Gasteiger partial charge in [-0.2, -0.15) is 0 Å². The molecule has 0 aromatic heterocycles. The van der Waals surface area contributed by atoms with E-state index in [0.717, 1.165) is 0 Å². The Labute approximate surface area is 54.5 Å². The highest BCUT2D eigenvalue weighted by Gasteiger charge is 1.93. The van der Waals surface area contributed by atoms with Crippen LogP contribution < -0.4 is 5.32 Å². The van der Waals surface area contributed by atoms with E-state index in [1.165, 1.54) is 0 Å². The monoisotopic (exact) mass is 150 g/mol. The molecule has 0 spiro atoms. The lowest BCUT2D eigenvalue weighted by atomic mass is 10.9. The quantitative estimate of drug-likeness (QED) is 0.501. The molecule has 52 valence electrons. The molecule has 0 aromatic carbocycles. The van der Waals surface area contributed by atoms with Gasteiger partial charge in [0.05, 0.1) is 0 Å². The molecule has 0 radical (unpaired) electrons. The summed E-state index contributed by atoms with van der Waals surface area (Å²) in [5, 5.41) is 2.64. The molecule has 0 aliphatic heterocycles. The predicted molar refractivity (Wildman–Crippen MR) is 35.6 cm³/mol. The highest BCUT2D eigenvalue weighted by molar-refractivity contribution is 7.30. The molecule has 0 heterocycles. The van der Waals surface area contributed by atoms with Crippen LogP contribution in [0.4, 0.5) is 0 Å². The van der Waals surface area contributed by atoms with Crippen molar-refractivity contribution in [2.45, 2.75) is 0 Å². The maximum atomic E-state index is 8.70. The van der Waals surface area contributed by atoms with Gasteiger partial charge in [-0.25, -0.2) is 0 Å². The summed E-state index contributed by atoms with van der Waals surface area (Å²) >= 11 is 0. The average molecular weight is 150 g/mol. The standard InChI is InChI=1S/C4H7N.HO3P/c1-3-5-4-2;1-4(2)3/h3-5H,1-2H2;(H-,1,2,3)/p+1. The zero-order valence-corrected chi connectivity index (χ0v) is 5.71. The van der Waals surface area contributed by atoms with Crippen molar-refractivity contribution in [1.82, 2.24) is 5.32 Å². The fourth-order valence-electron chi connectivity index (χ4n) is 0.0833. The molecule has 0 atom stereocenters. The minimum Gasteiger partial charge on any atom is -0.369 e. The normalized spacial score (nSPS) is 6.00. The highest BCUT2D eigenvalue weighted by Crippen LogP contribution is 1.98. The second-order valence-electron chi connectivity index (χ2n) is 0.828. The first-order valence-electron chi connectivity index (χ1n) is 1.98. The minimum absolute atomic E-state index is 1.56. The Balaban J connectivity index is 0. The first-order valence-corrected chi connectivity index (χ1v) is 3.14. The maximum absolute atomic E-state index is 8.70. The van der Waals surface area contributed by atoms with Crippen molar-refractivity contribution in [1.29, 1.82) is 0 Å². The van der Waals surface area contributed by atoms with Crippen LogP contribution >= 0.6 is 8.25 Å². The van der Waals surface area contributed by atoms with Gasteiger partial charge in [0.15, 0.2) is 0 Å². The van der Waals surface area contributed by atoms with Crippen molar-refractivity contribution < 1.29 is 14.4 Å². The van der Waals surface area contributed by atoms with Crippen LogP contribution in [-0.2, 0) is 4.57 Å². The largest absolute Gasteiger partial charge is 0.692 e. The van der Waals surface area contributed by atoms with Crippen molar-refractivity contribution in [2.75, 3.05) is 0 Å². The van der Waals surface area contributed by atoms with Gasteiger partial charge in [0.1, 0.15) is 0 Å². The third-order valence-electron chi connectivity index (χ3n) is 0.236. The van der Waals surface area contributed by atoms with Crippen LogP contribution in [-0.4, -0.2) is 9.79 Å². The smallest absolute Gasteiger partial charge is 0.369 e. The summed E-state index contributed by atoms with van der Waals surface area (Å²) in [6.45, 7) is 6.74. The van der Waals surface area contributed by atoms with Gasteiger partial charge in [0.25, 0.3) is 0 Å². The zero-order chi connectivity index (χ0) is 7.70. The number of rotatable bonds is 2. The molecule has 0 fully saturated rings. The third-order valence-corrected chi connectivity index (χ3v) is 0.236. The fourth-order valence-corrected chi connectivity index (χ4v) is 0.0833. The van der Waals surface area contributed by atoms with Gasteiger partial charge in [-0.05, 0) is 12.4 Å². The Kier molecular flexibility index (Phi) is 12.8. The highest BCUT2D eigenvalue weighted by atomic mass is 31.1. The molecule has 0 saturated carbocycles. The molecule has 0 aliphatic rings. The average Bonchev–Trinajstić information content (AvgIpc) is 1.66. The molecule has 0 aliphatic carbocycles. The van der Waals surface area contributed by atoms with Gasteiger partial charge in [-0.15, -0.1) is 9.79 Å². The third kappa shape index (κ3) is 121. The molecule has 3 N–H and O–H groups in total. The van der Waals surface area contributed by atoms with Crippen LogP contribution in [0, 0.1) is 0 Å². The summed E-state index contributed by atoms with van der Waals surface area (Å²) in [6, 6.07) is 0. The second kappa shape index (κ2) is 10.3. The zero-order valence-electron chi connectivity index (χ0n) is 4.82. The summed E-state index contributed by atoms with van der Waals surface area (Å²) in [7, 11) is -2.87. The molecule has 0 aromatic rings. The SMILES string of the molecule is C=CNC=C.O=[P+](O)O. The van der Waals surface area contributed by atoms with Gasteiger partial charge in [0, 0.05) is 4.57 Å². The molecule has 0 amide bonds. The van der Waals surface area contributed by atoms with Gasteiger partial charge in [-0.1, -0.05) is 13.2 Å². The Bertz CT molecular complexity index is 94.0. The molecule has 9 heavy (non-hydrogen) atoms. The van der Waals surface area contributed by atoms with Crippen LogP contribution in [0.2, 0.25) is 0 Å². The van der Waals surface area contributed by atoms with E-state index in [0.29, 0.717) is 0 Å². The molecule has 4 nitrogen and oxygen atoms in total. The van der Waals surface area contributed by atoms with Crippen molar-refractivity contribution in [3.63, 3.8) is 0 Å². The fraction of sp³-hybridized carbons (Fsp3) is 0. The Morgan fingerprint density at radius 3 is 1.56 bits per heavy atom. The maximum Gasteiger partial charge on any atom is 0.692 e. The lowest BCUT2D eigenvalue weighted by Crippen LogP contribution is -1.85. The van der Waals surface area contributed by atoms with E-state index in [9.17, 15) is 0 Å². The Morgan fingerprint density at radius 2 is 1.56 bits per heavy atom. The van der Waals surface area contributed by atoms with Crippen molar-refractivity contribution >= 4 is 8.25 Å². The van der Waals surface area contributed by atoms with Crippen LogP contribution in [0.1, 0.15) is 0 Å². The topological polar surface area (TPSA) is 69.6 Å². The lowest BCUT2D eigenvalue weighted by Gasteiger charge is -1.75. The van der Waals surface area contributed by atoms with Crippen LogP contribution in [0.15, 0.2) is 25.6 Å². The van der Waals surface area contributed by atoms with Gasteiger partial charge >= 0.3 is 8.25 Å².